The Morgan fingerprint density at radius 3 is 2.62 bits per heavy atom. The summed E-state index contributed by atoms with van der Waals surface area (Å²) in [7, 11) is -2.38. The number of benzene rings is 3. The summed E-state index contributed by atoms with van der Waals surface area (Å²) in [6.07, 6.45) is 0. The van der Waals surface area contributed by atoms with Gasteiger partial charge in [-0.1, -0.05) is 30.3 Å². The maximum Gasteiger partial charge on any atom is 0.243 e. The van der Waals surface area contributed by atoms with Gasteiger partial charge in [0, 0.05) is 12.7 Å². The number of anilines is 1. The number of hydrogen-bond donors (Lipinski definition) is 1. The molecule has 1 amide bonds. The average Bonchev–Trinajstić information content (AvgIpc) is 3.06. The van der Waals surface area contributed by atoms with Gasteiger partial charge in [0.05, 0.1) is 26.7 Å². The lowest BCUT2D eigenvalue weighted by Gasteiger charge is -2.17. The maximum absolute atomic E-state index is 12.9. The van der Waals surface area contributed by atoms with E-state index in [1.54, 1.807) is 35.6 Å². The van der Waals surface area contributed by atoms with Crippen molar-refractivity contribution < 1.29 is 13.2 Å². The Hall–Kier alpha value is -2.81. The fourth-order valence-electron chi connectivity index (χ4n) is 3.11. The molecule has 4 rings (SSSR count). The number of sulfonamides is 1. The van der Waals surface area contributed by atoms with Gasteiger partial charge < -0.3 is 5.32 Å². The molecule has 1 N–H and O–H groups in total. The number of nitrogens with zero attached hydrogens (tertiary/aromatic N) is 2. The Kier molecular flexibility index (Phi) is 5.08. The molecule has 0 aliphatic rings. The van der Waals surface area contributed by atoms with Crippen molar-refractivity contribution in [3.05, 3.63) is 65.7 Å². The molecular weight excluding hydrogens is 406 g/mol. The van der Waals surface area contributed by atoms with Gasteiger partial charge in [-0.15, -0.1) is 11.3 Å². The van der Waals surface area contributed by atoms with Crippen molar-refractivity contribution in [3.8, 4) is 0 Å². The number of carbonyl (C=O) groups excluding carboxylic acids is 1. The summed E-state index contributed by atoms with van der Waals surface area (Å²) in [4.78, 5) is 17.0. The van der Waals surface area contributed by atoms with Crippen LogP contribution in [0.25, 0.3) is 21.0 Å². The number of amides is 1. The van der Waals surface area contributed by atoms with Crippen molar-refractivity contribution in [1.82, 2.24) is 9.29 Å². The van der Waals surface area contributed by atoms with Gasteiger partial charge in [-0.2, -0.15) is 4.31 Å². The lowest BCUT2D eigenvalue weighted by atomic mass is 10.1. The zero-order chi connectivity index (χ0) is 20.6. The third kappa shape index (κ3) is 4.00. The van der Waals surface area contributed by atoms with Gasteiger partial charge in [-0.25, -0.2) is 13.4 Å². The molecule has 0 unspecified atom stereocenters. The van der Waals surface area contributed by atoms with Crippen molar-refractivity contribution in [1.29, 1.82) is 0 Å². The lowest BCUT2D eigenvalue weighted by Crippen LogP contribution is -2.34. The molecule has 0 aliphatic heterocycles. The molecule has 0 atom stereocenters. The molecule has 0 saturated heterocycles. The van der Waals surface area contributed by atoms with Gasteiger partial charge in [0.15, 0.2) is 0 Å². The van der Waals surface area contributed by atoms with E-state index in [0.29, 0.717) is 5.69 Å². The Balaban J connectivity index is 1.50. The molecule has 0 saturated carbocycles. The van der Waals surface area contributed by atoms with Gasteiger partial charge in [0.2, 0.25) is 15.9 Å². The fourth-order valence-corrected chi connectivity index (χ4v) is 5.14. The van der Waals surface area contributed by atoms with Gasteiger partial charge >= 0.3 is 0 Å². The van der Waals surface area contributed by atoms with E-state index < -0.39 is 15.9 Å². The van der Waals surface area contributed by atoms with Crippen LogP contribution in [-0.4, -0.2) is 37.2 Å². The highest BCUT2D eigenvalue weighted by Gasteiger charge is 2.23. The van der Waals surface area contributed by atoms with Gasteiger partial charge in [-0.05, 0) is 48.0 Å². The van der Waals surface area contributed by atoms with E-state index in [-0.39, 0.29) is 11.4 Å². The SMILES string of the molecule is Cc1nc2ccc(NC(=O)CN(C)S(=O)(=O)c3ccc4ccccc4c3)cc2s1. The number of nitrogens with one attached hydrogen (secondary N) is 1. The smallest absolute Gasteiger partial charge is 0.243 e. The van der Waals surface area contributed by atoms with E-state index in [9.17, 15) is 13.2 Å². The predicted octanol–water partition coefficient (Wildman–Crippen LogP) is 4.02. The summed E-state index contributed by atoms with van der Waals surface area (Å²) in [5.41, 5.74) is 1.49. The van der Waals surface area contributed by atoms with E-state index >= 15 is 0 Å². The predicted molar refractivity (Wildman–Crippen MR) is 117 cm³/mol. The molecule has 148 valence electrons. The summed E-state index contributed by atoms with van der Waals surface area (Å²) in [6, 6.07) is 17.9. The number of hydrogen-bond acceptors (Lipinski definition) is 5. The third-order valence-corrected chi connectivity index (χ3v) is 7.31. The average molecular weight is 426 g/mol. The zero-order valence-corrected chi connectivity index (χ0v) is 17.5. The van der Waals surface area contributed by atoms with Gasteiger partial charge in [0.25, 0.3) is 0 Å². The van der Waals surface area contributed by atoms with Crippen LogP contribution in [0.5, 0.6) is 0 Å². The molecule has 6 nitrogen and oxygen atoms in total. The molecule has 3 aromatic carbocycles. The molecule has 29 heavy (non-hydrogen) atoms. The minimum atomic E-state index is -3.78. The second kappa shape index (κ2) is 7.55. The van der Waals surface area contributed by atoms with E-state index in [1.165, 1.54) is 7.05 Å². The van der Waals surface area contributed by atoms with Crippen LogP contribution in [0.15, 0.2) is 65.6 Å². The fraction of sp³-hybridized carbons (Fsp3) is 0.143. The van der Waals surface area contributed by atoms with E-state index in [4.69, 9.17) is 0 Å². The maximum atomic E-state index is 12.9. The Bertz CT molecular complexity index is 1330. The van der Waals surface area contributed by atoms with Crippen molar-refractivity contribution in [2.45, 2.75) is 11.8 Å². The lowest BCUT2D eigenvalue weighted by molar-refractivity contribution is -0.116. The summed E-state index contributed by atoms with van der Waals surface area (Å²) in [5, 5.41) is 5.50. The highest BCUT2D eigenvalue weighted by atomic mass is 32.2. The number of aromatic nitrogens is 1. The summed E-state index contributed by atoms with van der Waals surface area (Å²) >= 11 is 1.54. The first-order chi connectivity index (χ1) is 13.8. The molecule has 4 aromatic rings. The molecule has 0 bridgehead atoms. The molecule has 0 fully saturated rings. The zero-order valence-electron chi connectivity index (χ0n) is 15.9. The summed E-state index contributed by atoms with van der Waals surface area (Å²) < 4.78 is 27.8. The number of likely N-dealkylation sites (N-methyl/N-ethyl adjacent to an activating group) is 1. The normalized spacial score (nSPS) is 12.0. The standard InChI is InChI=1S/C21H19N3O3S2/c1-14-22-19-10-8-17(12-20(19)28-14)23-21(25)13-24(2)29(26,27)18-9-7-15-5-3-4-6-16(15)11-18/h3-12H,13H2,1-2H3,(H,23,25). The molecular formula is C21H19N3O3S2. The molecule has 1 heterocycles. The minimum Gasteiger partial charge on any atom is -0.325 e. The van der Waals surface area contributed by atoms with Crippen LogP contribution in [0.2, 0.25) is 0 Å². The summed E-state index contributed by atoms with van der Waals surface area (Å²) in [6.45, 7) is 1.64. The first-order valence-corrected chi connectivity index (χ1v) is 11.2. The number of thiazole rings is 1. The largest absolute Gasteiger partial charge is 0.325 e. The topological polar surface area (TPSA) is 79.4 Å². The van der Waals surface area contributed by atoms with Crippen molar-refractivity contribution >= 4 is 53.9 Å². The first kappa shape index (κ1) is 19.5. The molecule has 0 aliphatic carbocycles. The van der Waals surface area contributed by atoms with Crippen LogP contribution < -0.4 is 5.32 Å². The van der Waals surface area contributed by atoms with Gasteiger partial charge in [-0.3, -0.25) is 4.79 Å². The number of rotatable bonds is 5. The summed E-state index contributed by atoms with van der Waals surface area (Å²) in [5.74, 6) is -0.405. The van der Waals surface area contributed by atoms with Crippen LogP contribution >= 0.6 is 11.3 Å². The van der Waals surface area contributed by atoms with E-state index in [1.807, 2.05) is 43.3 Å². The second-order valence-corrected chi connectivity index (χ2v) is 10.0. The first-order valence-electron chi connectivity index (χ1n) is 8.95. The van der Waals surface area contributed by atoms with Crippen molar-refractivity contribution in [2.24, 2.45) is 0 Å². The van der Waals surface area contributed by atoms with Crippen LogP contribution in [0, 0.1) is 6.92 Å². The Labute approximate surface area is 172 Å². The number of carbonyl (C=O) groups is 1. The number of fused-ring (bicyclic) bond motifs is 2. The second-order valence-electron chi connectivity index (χ2n) is 6.73. The van der Waals surface area contributed by atoms with Crippen molar-refractivity contribution in [3.63, 3.8) is 0 Å². The Morgan fingerprint density at radius 2 is 1.83 bits per heavy atom. The quantitative estimate of drug-likeness (QED) is 0.524. The molecule has 0 radical (unpaired) electrons. The number of aryl methyl sites for hydroxylation is 1. The van der Waals surface area contributed by atoms with Crippen LogP contribution in [0.3, 0.4) is 0 Å². The minimum absolute atomic E-state index is 0.160. The van der Waals surface area contributed by atoms with E-state index in [2.05, 4.69) is 10.3 Å². The molecule has 0 spiro atoms. The van der Waals surface area contributed by atoms with Crippen LogP contribution in [0.4, 0.5) is 5.69 Å². The Morgan fingerprint density at radius 1 is 1.07 bits per heavy atom. The third-order valence-electron chi connectivity index (χ3n) is 4.57. The van der Waals surface area contributed by atoms with Crippen LogP contribution in [-0.2, 0) is 14.8 Å². The van der Waals surface area contributed by atoms with E-state index in [0.717, 1.165) is 30.3 Å². The van der Waals surface area contributed by atoms with Crippen molar-refractivity contribution in [2.75, 3.05) is 18.9 Å². The highest BCUT2D eigenvalue weighted by Crippen LogP contribution is 2.25. The highest BCUT2D eigenvalue weighted by molar-refractivity contribution is 7.89. The molecule has 8 heteroatoms. The molecule has 1 aromatic heterocycles. The monoisotopic (exact) mass is 425 g/mol. The van der Waals surface area contributed by atoms with Gasteiger partial charge in [0.1, 0.15) is 0 Å². The van der Waals surface area contributed by atoms with Crippen LogP contribution in [0.1, 0.15) is 5.01 Å².